The number of primary amides is 1. The Balaban J connectivity index is 1.90. The maximum Gasteiger partial charge on any atom is 0.237 e. The second kappa shape index (κ2) is 6.58. The Morgan fingerprint density at radius 2 is 1.97 bits per heavy atom. The van der Waals surface area contributed by atoms with E-state index in [0.717, 1.165) is 53.0 Å². The zero-order valence-corrected chi connectivity index (χ0v) is 17.8. The van der Waals surface area contributed by atoms with Crippen LogP contribution in [0.3, 0.4) is 0 Å². The second-order valence-corrected chi connectivity index (χ2v) is 8.80. The largest absolute Gasteiger partial charge is 0.368 e. The van der Waals surface area contributed by atoms with Crippen molar-refractivity contribution in [1.82, 2.24) is 10.2 Å². The summed E-state index contributed by atoms with van der Waals surface area (Å²) in [5, 5.41) is 7.68. The van der Waals surface area contributed by atoms with Crippen molar-refractivity contribution in [3.05, 3.63) is 45.8 Å². The Bertz CT molecular complexity index is 1070. The number of aryl methyl sites for hydroxylation is 2. The number of benzene rings is 1. The molecule has 0 atom stereocenters. The zero-order chi connectivity index (χ0) is 21.1. The fourth-order valence-electron chi connectivity index (χ4n) is 4.80. The van der Waals surface area contributed by atoms with E-state index in [2.05, 4.69) is 43.1 Å². The molecule has 2 aromatic rings. The van der Waals surface area contributed by atoms with Crippen molar-refractivity contribution in [1.29, 1.82) is 0 Å². The number of anilines is 1. The normalized spacial score (nSPS) is 18.0. The first-order valence-corrected chi connectivity index (χ1v) is 10.1. The van der Waals surface area contributed by atoms with E-state index in [1.807, 2.05) is 13.8 Å². The number of carbonyl (C=O) groups excluding carboxylic acids is 2. The molecule has 0 radical (unpaired) electrons. The van der Waals surface area contributed by atoms with Crippen LogP contribution in [-0.2, 0) is 21.4 Å². The quantitative estimate of drug-likeness (QED) is 0.838. The van der Waals surface area contributed by atoms with E-state index >= 15 is 0 Å². The van der Waals surface area contributed by atoms with E-state index < -0.39 is 11.3 Å². The standard InChI is InChI=1S/C23H28N4O2/c1-12-9-18-19(27(11-20(24)28)22(29)23(18,4)5)10-17(12)15-7-6-8-16-14(3)25-26-21(16)13(15)2/h9-10H,6-8,11H2,1-5H3,(H2,24,28)(H,25,26). The summed E-state index contributed by atoms with van der Waals surface area (Å²) >= 11 is 0. The van der Waals surface area contributed by atoms with Gasteiger partial charge in [0.1, 0.15) is 6.54 Å². The number of carbonyl (C=O) groups is 2. The Morgan fingerprint density at radius 3 is 2.66 bits per heavy atom. The minimum absolute atomic E-state index is 0.0837. The molecular formula is C23H28N4O2. The lowest BCUT2D eigenvalue weighted by Crippen LogP contribution is -2.41. The average molecular weight is 393 g/mol. The molecule has 2 heterocycles. The molecule has 29 heavy (non-hydrogen) atoms. The van der Waals surface area contributed by atoms with Crippen LogP contribution in [0.4, 0.5) is 5.69 Å². The van der Waals surface area contributed by atoms with Gasteiger partial charge < -0.3 is 10.6 Å². The van der Waals surface area contributed by atoms with E-state index in [0.29, 0.717) is 0 Å². The lowest BCUT2D eigenvalue weighted by molar-refractivity contribution is -0.124. The number of hydrogen-bond donors (Lipinski definition) is 2. The number of amides is 2. The van der Waals surface area contributed by atoms with Gasteiger partial charge in [-0.25, -0.2) is 0 Å². The highest BCUT2D eigenvalue weighted by molar-refractivity contribution is 6.10. The maximum atomic E-state index is 13.0. The molecule has 1 aromatic heterocycles. The Labute approximate surface area is 171 Å². The first kappa shape index (κ1) is 19.4. The van der Waals surface area contributed by atoms with Crippen LogP contribution in [-0.4, -0.2) is 28.6 Å². The minimum atomic E-state index is -0.673. The number of nitrogens with zero attached hydrogens (tertiary/aromatic N) is 2. The molecule has 4 rings (SSSR count). The van der Waals surface area contributed by atoms with Crippen molar-refractivity contribution in [3.63, 3.8) is 0 Å². The molecule has 6 heteroatoms. The van der Waals surface area contributed by atoms with Crippen LogP contribution in [0.1, 0.15) is 67.3 Å². The minimum Gasteiger partial charge on any atom is -0.368 e. The van der Waals surface area contributed by atoms with Gasteiger partial charge in [0.05, 0.1) is 11.1 Å². The summed E-state index contributed by atoms with van der Waals surface area (Å²) in [5.74, 6) is -0.592. The maximum absolute atomic E-state index is 13.0. The van der Waals surface area contributed by atoms with Crippen molar-refractivity contribution in [2.45, 2.75) is 59.3 Å². The molecular weight excluding hydrogens is 364 g/mol. The summed E-state index contributed by atoms with van der Waals surface area (Å²) in [6, 6.07) is 4.18. The second-order valence-electron chi connectivity index (χ2n) is 8.80. The molecule has 2 aliphatic rings. The Kier molecular flexibility index (Phi) is 4.41. The summed E-state index contributed by atoms with van der Waals surface area (Å²) in [6.45, 7) is 10.0. The molecule has 2 amide bonds. The third kappa shape index (κ3) is 2.89. The van der Waals surface area contributed by atoms with Gasteiger partial charge in [-0.15, -0.1) is 0 Å². The van der Waals surface area contributed by atoms with E-state index in [1.165, 1.54) is 21.6 Å². The molecule has 0 spiro atoms. The smallest absolute Gasteiger partial charge is 0.237 e. The van der Waals surface area contributed by atoms with Crippen LogP contribution in [0.25, 0.3) is 11.1 Å². The van der Waals surface area contributed by atoms with E-state index in [1.54, 1.807) is 0 Å². The highest BCUT2D eigenvalue weighted by atomic mass is 16.2. The number of allylic oxidation sites excluding steroid dienone is 2. The molecule has 0 saturated carbocycles. The van der Waals surface area contributed by atoms with Crippen molar-refractivity contribution in [3.8, 4) is 0 Å². The van der Waals surface area contributed by atoms with Gasteiger partial charge in [0.25, 0.3) is 0 Å². The first-order valence-electron chi connectivity index (χ1n) is 10.1. The number of fused-ring (bicyclic) bond motifs is 2. The molecule has 1 aliphatic carbocycles. The van der Waals surface area contributed by atoms with Gasteiger partial charge in [0, 0.05) is 16.9 Å². The number of rotatable bonds is 3. The predicted molar refractivity (Wildman–Crippen MR) is 115 cm³/mol. The molecule has 3 N–H and O–H groups in total. The summed E-state index contributed by atoms with van der Waals surface area (Å²) in [4.78, 5) is 26.2. The van der Waals surface area contributed by atoms with E-state index in [9.17, 15) is 9.59 Å². The van der Waals surface area contributed by atoms with Crippen molar-refractivity contribution in [2.75, 3.05) is 11.4 Å². The fraction of sp³-hybridized carbons (Fsp3) is 0.435. The van der Waals surface area contributed by atoms with Gasteiger partial charge in [-0.05, 0) is 87.8 Å². The van der Waals surface area contributed by atoms with Gasteiger partial charge in [-0.1, -0.05) is 6.07 Å². The third-order valence-corrected chi connectivity index (χ3v) is 6.46. The summed E-state index contributed by atoms with van der Waals surface area (Å²) in [7, 11) is 0. The van der Waals surface area contributed by atoms with Gasteiger partial charge in [0.2, 0.25) is 11.8 Å². The third-order valence-electron chi connectivity index (χ3n) is 6.46. The first-order chi connectivity index (χ1) is 13.6. The summed E-state index contributed by atoms with van der Waals surface area (Å²) < 4.78 is 0. The SMILES string of the molecule is CC1=C(c2cc3c(cc2C)C(C)(C)C(=O)N3CC(N)=O)CCCc2c1n[nH]c2C. The van der Waals surface area contributed by atoms with Gasteiger partial charge in [0.15, 0.2) is 0 Å². The lowest BCUT2D eigenvalue weighted by Gasteiger charge is -2.19. The topological polar surface area (TPSA) is 92.1 Å². The Morgan fingerprint density at radius 1 is 1.24 bits per heavy atom. The molecule has 0 fully saturated rings. The molecule has 1 aromatic carbocycles. The number of aromatic nitrogens is 2. The van der Waals surface area contributed by atoms with Gasteiger partial charge in [-0.2, -0.15) is 5.10 Å². The zero-order valence-electron chi connectivity index (χ0n) is 17.8. The molecule has 0 unspecified atom stereocenters. The fourth-order valence-corrected chi connectivity index (χ4v) is 4.80. The van der Waals surface area contributed by atoms with Crippen LogP contribution in [0, 0.1) is 13.8 Å². The predicted octanol–water partition coefficient (Wildman–Crippen LogP) is 3.40. The van der Waals surface area contributed by atoms with Crippen molar-refractivity contribution < 1.29 is 9.59 Å². The van der Waals surface area contributed by atoms with Crippen LogP contribution in [0.2, 0.25) is 0 Å². The molecule has 0 saturated heterocycles. The Hall–Kier alpha value is -2.89. The number of hydrogen-bond acceptors (Lipinski definition) is 3. The average Bonchev–Trinajstić information content (AvgIpc) is 3.02. The highest BCUT2D eigenvalue weighted by Crippen LogP contribution is 2.45. The van der Waals surface area contributed by atoms with Crippen LogP contribution >= 0.6 is 0 Å². The molecule has 0 bridgehead atoms. The van der Waals surface area contributed by atoms with Crippen molar-refractivity contribution in [2.24, 2.45) is 5.73 Å². The number of H-pyrrole nitrogens is 1. The molecule has 6 nitrogen and oxygen atoms in total. The molecule has 152 valence electrons. The summed E-state index contributed by atoms with van der Waals surface area (Å²) in [5.41, 5.74) is 14.7. The monoisotopic (exact) mass is 392 g/mol. The van der Waals surface area contributed by atoms with Crippen molar-refractivity contribution >= 4 is 28.6 Å². The van der Waals surface area contributed by atoms with Gasteiger partial charge in [-0.3, -0.25) is 14.7 Å². The number of aromatic amines is 1. The lowest BCUT2D eigenvalue weighted by atomic mass is 9.83. The highest BCUT2D eigenvalue weighted by Gasteiger charge is 2.44. The molecule has 1 aliphatic heterocycles. The van der Waals surface area contributed by atoms with E-state index in [4.69, 9.17) is 5.73 Å². The van der Waals surface area contributed by atoms with Gasteiger partial charge >= 0.3 is 0 Å². The number of nitrogens with two attached hydrogens (primary N) is 1. The van der Waals surface area contributed by atoms with Crippen LogP contribution in [0.15, 0.2) is 12.1 Å². The van der Waals surface area contributed by atoms with E-state index in [-0.39, 0.29) is 12.5 Å². The summed E-state index contributed by atoms with van der Waals surface area (Å²) in [6.07, 6.45) is 3.00. The van der Waals surface area contributed by atoms with Crippen LogP contribution < -0.4 is 10.6 Å². The van der Waals surface area contributed by atoms with Crippen LogP contribution in [0.5, 0.6) is 0 Å². The number of nitrogens with one attached hydrogen (secondary N) is 1.